The van der Waals surface area contributed by atoms with E-state index in [0.29, 0.717) is 0 Å². The average molecular weight is 195 g/mol. The van der Waals surface area contributed by atoms with Crippen molar-refractivity contribution in [3.63, 3.8) is 0 Å². The van der Waals surface area contributed by atoms with Crippen LogP contribution in [0.3, 0.4) is 0 Å². The average Bonchev–Trinajstić information content (AvgIpc) is 2.81. The van der Waals surface area contributed by atoms with Crippen molar-refractivity contribution in [2.24, 2.45) is 17.8 Å². The van der Waals surface area contributed by atoms with Crippen LogP contribution >= 0.6 is 0 Å². The summed E-state index contributed by atoms with van der Waals surface area (Å²) in [5, 5.41) is 3.75. The molecule has 0 aliphatic heterocycles. The second-order valence-corrected chi connectivity index (χ2v) is 5.34. The van der Waals surface area contributed by atoms with Gasteiger partial charge in [-0.15, -0.1) is 0 Å². The van der Waals surface area contributed by atoms with E-state index in [1.807, 2.05) is 0 Å². The van der Waals surface area contributed by atoms with E-state index in [9.17, 15) is 0 Å². The van der Waals surface area contributed by atoms with E-state index < -0.39 is 0 Å². The summed E-state index contributed by atoms with van der Waals surface area (Å²) in [6.07, 6.45) is 8.64. The molecule has 1 heteroatoms. The van der Waals surface area contributed by atoms with E-state index in [1.54, 1.807) is 6.42 Å². The van der Waals surface area contributed by atoms with Crippen molar-refractivity contribution in [2.45, 2.75) is 58.4 Å². The van der Waals surface area contributed by atoms with Crippen LogP contribution in [-0.4, -0.2) is 12.6 Å². The molecule has 0 spiro atoms. The quantitative estimate of drug-likeness (QED) is 0.686. The molecule has 1 N–H and O–H groups in total. The summed E-state index contributed by atoms with van der Waals surface area (Å²) in [6.45, 7) is 5.80. The Morgan fingerprint density at radius 2 is 1.79 bits per heavy atom. The van der Waals surface area contributed by atoms with Crippen molar-refractivity contribution in [1.82, 2.24) is 5.32 Å². The Kier molecular flexibility index (Phi) is 3.48. The van der Waals surface area contributed by atoms with Gasteiger partial charge in [-0.2, -0.15) is 0 Å². The third kappa shape index (κ3) is 2.31. The molecule has 0 heterocycles. The first-order valence-corrected chi connectivity index (χ1v) is 6.58. The lowest BCUT2D eigenvalue weighted by molar-refractivity contribution is 0.316. The molecule has 2 saturated carbocycles. The van der Waals surface area contributed by atoms with E-state index in [4.69, 9.17) is 0 Å². The standard InChI is InChI=1S/C13H25N/c1-3-5-13(14-6-4-2)12-8-10-7-11(10)9-12/h10-14H,3-9H2,1-2H3. The minimum atomic E-state index is 0.841. The molecule has 2 rings (SSSR count). The second-order valence-electron chi connectivity index (χ2n) is 5.34. The molecule has 0 aromatic heterocycles. The molecule has 2 aliphatic rings. The summed E-state index contributed by atoms with van der Waals surface area (Å²) in [5.74, 6) is 3.30. The molecule has 3 unspecified atom stereocenters. The highest BCUT2D eigenvalue weighted by Crippen LogP contribution is 2.55. The summed E-state index contributed by atoms with van der Waals surface area (Å²) in [5.41, 5.74) is 0. The van der Waals surface area contributed by atoms with Crippen molar-refractivity contribution >= 4 is 0 Å². The molecule has 1 nitrogen and oxygen atoms in total. The van der Waals surface area contributed by atoms with E-state index in [1.165, 1.54) is 38.6 Å². The van der Waals surface area contributed by atoms with Gasteiger partial charge < -0.3 is 5.32 Å². The Balaban J connectivity index is 1.76. The number of nitrogens with one attached hydrogen (secondary N) is 1. The number of rotatable bonds is 6. The summed E-state index contributed by atoms with van der Waals surface area (Å²) in [6, 6.07) is 0.841. The van der Waals surface area contributed by atoms with Gasteiger partial charge in [-0.3, -0.25) is 0 Å². The topological polar surface area (TPSA) is 12.0 Å². The number of hydrogen-bond donors (Lipinski definition) is 1. The van der Waals surface area contributed by atoms with Gasteiger partial charge in [-0.25, -0.2) is 0 Å². The molecule has 0 amide bonds. The lowest BCUT2D eigenvalue weighted by atomic mass is 9.91. The maximum absolute atomic E-state index is 3.75. The van der Waals surface area contributed by atoms with Crippen molar-refractivity contribution in [3.05, 3.63) is 0 Å². The van der Waals surface area contributed by atoms with Crippen molar-refractivity contribution < 1.29 is 0 Å². The molecule has 0 aromatic rings. The molecule has 0 saturated heterocycles. The van der Waals surface area contributed by atoms with E-state index >= 15 is 0 Å². The summed E-state index contributed by atoms with van der Waals surface area (Å²) >= 11 is 0. The summed E-state index contributed by atoms with van der Waals surface area (Å²) in [7, 11) is 0. The second kappa shape index (κ2) is 4.65. The molecule has 3 atom stereocenters. The Hall–Kier alpha value is -0.0400. The highest BCUT2D eigenvalue weighted by atomic mass is 14.9. The highest BCUT2D eigenvalue weighted by molar-refractivity contribution is 4.99. The van der Waals surface area contributed by atoms with Crippen molar-refractivity contribution in [3.8, 4) is 0 Å². The van der Waals surface area contributed by atoms with Crippen molar-refractivity contribution in [2.75, 3.05) is 6.54 Å². The van der Waals surface area contributed by atoms with E-state index in [0.717, 1.165) is 23.8 Å². The molecule has 14 heavy (non-hydrogen) atoms. The van der Waals surface area contributed by atoms with Crippen LogP contribution in [0.1, 0.15) is 52.4 Å². The maximum atomic E-state index is 3.75. The predicted octanol–water partition coefficient (Wildman–Crippen LogP) is 3.20. The zero-order valence-electron chi connectivity index (χ0n) is 9.76. The third-order valence-electron chi connectivity index (χ3n) is 4.11. The molecule has 82 valence electrons. The lowest BCUT2D eigenvalue weighted by Crippen LogP contribution is -2.36. The Bertz CT molecular complexity index is 168. The van der Waals surface area contributed by atoms with Gasteiger partial charge in [0.25, 0.3) is 0 Å². The predicted molar refractivity (Wildman–Crippen MR) is 61.3 cm³/mol. The first-order chi connectivity index (χ1) is 6.85. The van der Waals surface area contributed by atoms with Crippen LogP contribution in [0.5, 0.6) is 0 Å². The van der Waals surface area contributed by atoms with E-state index in [-0.39, 0.29) is 0 Å². The maximum Gasteiger partial charge on any atom is 0.00954 e. The molecule has 0 bridgehead atoms. The minimum Gasteiger partial charge on any atom is -0.314 e. The normalized spacial score (nSPS) is 36.9. The Morgan fingerprint density at radius 3 is 2.36 bits per heavy atom. The lowest BCUT2D eigenvalue weighted by Gasteiger charge is -2.25. The molecular weight excluding hydrogens is 170 g/mol. The smallest absolute Gasteiger partial charge is 0.00954 e. The van der Waals surface area contributed by atoms with Crippen LogP contribution in [0.15, 0.2) is 0 Å². The van der Waals surface area contributed by atoms with Crippen molar-refractivity contribution in [1.29, 1.82) is 0 Å². The van der Waals surface area contributed by atoms with Crippen LogP contribution in [-0.2, 0) is 0 Å². The van der Waals surface area contributed by atoms with Gasteiger partial charge in [0.15, 0.2) is 0 Å². The molecular formula is C13H25N. The van der Waals surface area contributed by atoms with Crippen LogP contribution in [0.25, 0.3) is 0 Å². The van der Waals surface area contributed by atoms with Crippen LogP contribution in [0, 0.1) is 17.8 Å². The van der Waals surface area contributed by atoms with Gasteiger partial charge in [0.2, 0.25) is 0 Å². The SMILES string of the molecule is CCCNC(CCC)C1CC2CC2C1. The fraction of sp³-hybridized carbons (Fsp3) is 1.00. The van der Waals surface area contributed by atoms with Gasteiger partial charge in [0.1, 0.15) is 0 Å². The fourth-order valence-electron chi connectivity index (χ4n) is 3.24. The Morgan fingerprint density at radius 1 is 1.07 bits per heavy atom. The van der Waals surface area contributed by atoms with Gasteiger partial charge in [-0.1, -0.05) is 20.3 Å². The molecule has 0 radical (unpaired) electrons. The largest absolute Gasteiger partial charge is 0.314 e. The zero-order valence-corrected chi connectivity index (χ0v) is 9.76. The Labute approximate surface area is 88.7 Å². The minimum absolute atomic E-state index is 0.841. The van der Waals surface area contributed by atoms with E-state index in [2.05, 4.69) is 19.2 Å². The monoisotopic (exact) mass is 195 g/mol. The first-order valence-electron chi connectivity index (χ1n) is 6.58. The third-order valence-corrected chi connectivity index (χ3v) is 4.11. The fourth-order valence-corrected chi connectivity index (χ4v) is 3.24. The number of fused-ring (bicyclic) bond motifs is 1. The van der Waals surface area contributed by atoms with Crippen LogP contribution in [0.4, 0.5) is 0 Å². The van der Waals surface area contributed by atoms with Crippen LogP contribution in [0.2, 0.25) is 0 Å². The number of hydrogen-bond acceptors (Lipinski definition) is 1. The summed E-state index contributed by atoms with van der Waals surface area (Å²) in [4.78, 5) is 0. The van der Waals surface area contributed by atoms with Gasteiger partial charge in [-0.05, 0) is 56.4 Å². The summed E-state index contributed by atoms with van der Waals surface area (Å²) < 4.78 is 0. The molecule has 0 aromatic carbocycles. The zero-order chi connectivity index (χ0) is 9.97. The van der Waals surface area contributed by atoms with Gasteiger partial charge >= 0.3 is 0 Å². The first kappa shape index (κ1) is 10.5. The molecule has 2 fully saturated rings. The highest BCUT2D eigenvalue weighted by Gasteiger charge is 2.47. The van der Waals surface area contributed by atoms with Gasteiger partial charge in [0.05, 0.1) is 0 Å². The molecule has 2 aliphatic carbocycles. The van der Waals surface area contributed by atoms with Crippen LogP contribution < -0.4 is 5.32 Å². The van der Waals surface area contributed by atoms with Gasteiger partial charge in [0, 0.05) is 6.04 Å².